The van der Waals surface area contributed by atoms with Crippen LogP contribution in [0.3, 0.4) is 0 Å². The standard InChI is InChI=1S/C77H124O6/c1-4-7-10-13-16-19-22-25-28-31-33-35-37-38-40-41-43-46-49-52-55-58-61-64-67-70-76(79)82-73-74(72-81-75(78)69-66-63-60-57-54-51-48-45-30-27-24-21-18-15-12-9-6-3)83-77(80)71-68-65-62-59-56-53-50-47-44-42-39-36-34-32-29-26-23-20-17-14-11-8-5-2/h7-8,10-11,16-21,25-30,33-36,38,40,42-44,46,74H,4-6,9,12-15,22-24,31-32,37,39,41,45,47-73H2,1-3H3/b10-7-,11-8-,19-16-,20-17-,21-18-,28-25-,29-26-,30-27-,35-33-,36-34-,40-38-,44-42-,46-43-. The molecule has 0 rings (SSSR count). The number of esters is 3. The van der Waals surface area contributed by atoms with E-state index >= 15 is 0 Å². The molecule has 1 atom stereocenters. The summed E-state index contributed by atoms with van der Waals surface area (Å²) in [5.41, 5.74) is 0. The molecule has 0 aromatic heterocycles. The normalized spacial score (nSPS) is 13.1. The summed E-state index contributed by atoms with van der Waals surface area (Å²) >= 11 is 0. The average Bonchev–Trinajstić information content (AvgIpc) is 3.49. The summed E-state index contributed by atoms with van der Waals surface area (Å²) in [5, 5.41) is 0. The van der Waals surface area contributed by atoms with Crippen molar-refractivity contribution in [2.45, 2.75) is 297 Å². The number of allylic oxidation sites excluding steroid dienone is 26. The Kier molecular flexibility index (Phi) is 65.4. The lowest BCUT2D eigenvalue weighted by Gasteiger charge is -2.18. The Hall–Kier alpha value is -4.97. The van der Waals surface area contributed by atoms with Crippen LogP contribution in [0.4, 0.5) is 0 Å². The van der Waals surface area contributed by atoms with E-state index in [9.17, 15) is 14.4 Å². The van der Waals surface area contributed by atoms with E-state index in [-0.39, 0.29) is 31.1 Å². The van der Waals surface area contributed by atoms with Crippen molar-refractivity contribution in [2.75, 3.05) is 13.2 Å². The van der Waals surface area contributed by atoms with Gasteiger partial charge in [-0.25, -0.2) is 0 Å². The summed E-state index contributed by atoms with van der Waals surface area (Å²) in [6.45, 7) is 6.37. The average molecular weight is 1150 g/mol. The first-order valence-corrected chi connectivity index (χ1v) is 34.0. The van der Waals surface area contributed by atoms with Crippen molar-refractivity contribution in [2.24, 2.45) is 0 Å². The fourth-order valence-electron chi connectivity index (χ4n) is 8.97. The molecule has 0 aliphatic carbocycles. The van der Waals surface area contributed by atoms with Gasteiger partial charge in [-0.05, 0) is 148 Å². The van der Waals surface area contributed by atoms with Gasteiger partial charge in [-0.2, -0.15) is 0 Å². The van der Waals surface area contributed by atoms with E-state index in [4.69, 9.17) is 14.2 Å². The molecule has 6 nitrogen and oxygen atoms in total. The van der Waals surface area contributed by atoms with Gasteiger partial charge in [0.25, 0.3) is 0 Å². The summed E-state index contributed by atoms with van der Waals surface area (Å²) in [5.74, 6) is -0.929. The fourth-order valence-corrected chi connectivity index (χ4v) is 8.97. The topological polar surface area (TPSA) is 78.9 Å². The maximum atomic E-state index is 13.0. The minimum absolute atomic E-state index is 0.0975. The molecule has 0 aromatic carbocycles. The van der Waals surface area contributed by atoms with Crippen molar-refractivity contribution in [1.29, 1.82) is 0 Å². The molecule has 0 fully saturated rings. The molecular formula is C77H124O6. The van der Waals surface area contributed by atoms with Gasteiger partial charge in [0.1, 0.15) is 13.2 Å². The minimum atomic E-state index is -0.804. The number of ether oxygens (including phenoxy) is 3. The zero-order chi connectivity index (χ0) is 59.9. The highest BCUT2D eigenvalue weighted by molar-refractivity contribution is 5.71. The molecule has 0 bridgehead atoms. The molecule has 0 spiro atoms. The van der Waals surface area contributed by atoms with Gasteiger partial charge in [-0.15, -0.1) is 0 Å². The van der Waals surface area contributed by atoms with Gasteiger partial charge in [0.2, 0.25) is 0 Å². The molecule has 6 heteroatoms. The molecule has 83 heavy (non-hydrogen) atoms. The third kappa shape index (κ3) is 67.7. The van der Waals surface area contributed by atoms with Gasteiger partial charge >= 0.3 is 17.9 Å². The summed E-state index contributed by atoms with van der Waals surface area (Å²) in [6, 6.07) is 0. The van der Waals surface area contributed by atoms with Crippen LogP contribution < -0.4 is 0 Å². The highest BCUT2D eigenvalue weighted by Crippen LogP contribution is 2.15. The van der Waals surface area contributed by atoms with Crippen LogP contribution in [0.15, 0.2) is 158 Å². The molecule has 0 N–H and O–H groups in total. The van der Waals surface area contributed by atoms with Crippen LogP contribution in [-0.4, -0.2) is 37.2 Å². The van der Waals surface area contributed by atoms with Gasteiger partial charge in [-0.1, -0.05) is 281 Å². The van der Waals surface area contributed by atoms with Crippen LogP contribution >= 0.6 is 0 Å². The number of unbranched alkanes of at least 4 members (excludes halogenated alkanes) is 23. The van der Waals surface area contributed by atoms with Gasteiger partial charge in [0, 0.05) is 19.3 Å². The molecule has 0 heterocycles. The second kappa shape index (κ2) is 69.5. The Balaban J connectivity index is 4.48. The largest absolute Gasteiger partial charge is 0.462 e. The lowest BCUT2D eigenvalue weighted by Crippen LogP contribution is -2.30. The van der Waals surface area contributed by atoms with Crippen molar-refractivity contribution in [1.82, 2.24) is 0 Å². The first-order valence-electron chi connectivity index (χ1n) is 34.0. The Morgan fingerprint density at radius 1 is 0.253 bits per heavy atom. The van der Waals surface area contributed by atoms with E-state index in [1.165, 1.54) is 83.5 Å². The second-order valence-electron chi connectivity index (χ2n) is 22.0. The quantitative estimate of drug-likeness (QED) is 0.0261. The highest BCUT2D eigenvalue weighted by atomic mass is 16.6. The Morgan fingerprint density at radius 2 is 0.470 bits per heavy atom. The summed E-state index contributed by atoms with van der Waals surface area (Å²) in [4.78, 5) is 38.5. The van der Waals surface area contributed by atoms with Crippen molar-refractivity contribution in [3.63, 3.8) is 0 Å². The zero-order valence-corrected chi connectivity index (χ0v) is 53.7. The zero-order valence-electron chi connectivity index (χ0n) is 53.7. The molecule has 0 amide bonds. The van der Waals surface area contributed by atoms with Gasteiger partial charge in [-0.3, -0.25) is 14.4 Å². The molecule has 0 aliphatic heterocycles. The lowest BCUT2D eigenvalue weighted by molar-refractivity contribution is -0.167. The molecule has 468 valence electrons. The number of carbonyl (C=O) groups excluding carboxylic acids is 3. The number of rotatable bonds is 60. The smallest absolute Gasteiger partial charge is 0.306 e. The van der Waals surface area contributed by atoms with Gasteiger partial charge < -0.3 is 14.2 Å². The SMILES string of the molecule is CC/C=C\C/C=C\C/C=C\C/C=C\C/C=C\C/C=C\CCCCCCCCC(=O)OCC(COC(=O)CCCCCCCCC/C=C\C/C=C\CCCCC)OC(=O)CCCCCCCCC/C=C\C/C=C\C/C=C\C/C=C\C/C=C\CC. The fraction of sp³-hybridized carbons (Fsp3) is 0.623. The molecule has 0 saturated heterocycles. The van der Waals surface area contributed by atoms with E-state index in [1.54, 1.807) is 0 Å². The molecule has 0 saturated carbocycles. The Morgan fingerprint density at radius 3 is 0.735 bits per heavy atom. The molecule has 0 aliphatic rings. The highest BCUT2D eigenvalue weighted by Gasteiger charge is 2.19. The van der Waals surface area contributed by atoms with Crippen LogP contribution in [0.2, 0.25) is 0 Å². The van der Waals surface area contributed by atoms with E-state index in [0.29, 0.717) is 19.3 Å². The second-order valence-corrected chi connectivity index (χ2v) is 22.0. The van der Waals surface area contributed by atoms with E-state index < -0.39 is 6.10 Å². The summed E-state index contributed by atoms with van der Waals surface area (Å²) in [6.07, 6.45) is 101. The lowest BCUT2D eigenvalue weighted by atomic mass is 10.1. The van der Waals surface area contributed by atoms with E-state index in [0.717, 1.165) is 167 Å². The van der Waals surface area contributed by atoms with Crippen molar-refractivity contribution >= 4 is 17.9 Å². The van der Waals surface area contributed by atoms with Crippen LogP contribution in [0, 0.1) is 0 Å². The van der Waals surface area contributed by atoms with Crippen LogP contribution in [-0.2, 0) is 28.6 Å². The Labute approximate surface area is 511 Å². The van der Waals surface area contributed by atoms with Crippen molar-refractivity contribution in [3.05, 3.63) is 158 Å². The maximum absolute atomic E-state index is 13.0. The van der Waals surface area contributed by atoms with Crippen molar-refractivity contribution < 1.29 is 28.6 Å². The van der Waals surface area contributed by atoms with Gasteiger partial charge in [0.15, 0.2) is 6.10 Å². The third-order valence-electron chi connectivity index (χ3n) is 14.0. The number of carbonyl (C=O) groups is 3. The number of hydrogen-bond acceptors (Lipinski definition) is 6. The predicted molar refractivity (Wildman–Crippen MR) is 362 cm³/mol. The predicted octanol–water partition coefficient (Wildman–Crippen LogP) is 23.7. The Bertz CT molecular complexity index is 1840. The first-order chi connectivity index (χ1) is 41.0. The van der Waals surface area contributed by atoms with E-state index in [2.05, 4.69) is 179 Å². The molecular weight excluding hydrogens is 1020 g/mol. The third-order valence-corrected chi connectivity index (χ3v) is 14.0. The maximum Gasteiger partial charge on any atom is 0.306 e. The minimum Gasteiger partial charge on any atom is -0.462 e. The van der Waals surface area contributed by atoms with Crippen LogP contribution in [0.1, 0.15) is 290 Å². The molecule has 1 unspecified atom stereocenters. The number of hydrogen-bond donors (Lipinski definition) is 0. The monoisotopic (exact) mass is 1140 g/mol. The van der Waals surface area contributed by atoms with Gasteiger partial charge in [0.05, 0.1) is 0 Å². The molecule has 0 aromatic rings. The van der Waals surface area contributed by atoms with Crippen molar-refractivity contribution in [3.8, 4) is 0 Å². The summed E-state index contributed by atoms with van der Waals surface area (Å²) in [7, 11) is 0. The summed E-state index contributed by atoms with van der Waals surface area (Å²) < 4.78 is 17.0. The first kappa shape index (κ1) is 78.0. The van der Waals surface area contributed by atoms with Crippen LogP contribution in [0.5, 0.6) is 0 Å². The van der Waals surface area contributed by atoms with E-state index in [1.807, 2.05) is 0 Å². The molecule has 0 radical (unpaired) electrons. The van der Waals surface area contributed by atoms with Crippen LogP contribution in [0.25, 0.3) is 0 Å².